The van der Waals surface area contributed by atoms with Gasteiger partial charge in [-0.05, 0) is 48.5 Å². The van der Waals surface area contributed by atoms with Crippen molar-refractivity contribution in [3.05, 3.63) is 53.0 Å². The van der Waals surface area contributed by atoms with E-state index in [2.05, 4.69) is 38.3 Å². The van der Waals surface area contributed by atoms with E-state index in [0.29, 0.717) is 13.1 Å². The molecule has 1 aliphatic rings. The second kappa shape index (κ2) is 7.57. The van der Waals surface area contributed by atoms with Crippen molar-refractivity contribution >= 4 is 33.3 Å². The fraction of sp³-hybridized carbons (Fsp3) is 0.278. The number of methoxy groups -OCH3 is 1. The summed E-state index contributed by atoms with van der Waals surface area (Å²) in [7, 11) is 1.62. The molecule has 1 N–H and O–H groups in total. The van der Waals surface area contributed by atoms with E-state index in [1.165, 1.54) is 5.69 Å². The zero-order chi connectivity index (χ0) is 16.9. The SMILES string of the molecule is COc1ccc(NC(=O)N2CCN(c3ccc(Br)cc3)CC2)cc1. The van der Waals surface area contributed by atoms with Crippen molar-refractivity contribution in [1.29, 1.82) is 0 Å². The van der Waals surface area contributed by atoms with E-state index in [1.807, 2.05) is 41.3 Å². The molecule has 1 aliphatic heterocycles. The summed E-state index contributed by atoms with van der Waals surface area (Å²) in [6.45, 7) is 3.07. The monoisotopic (exact) mass is 389 g/mol. The van der Waals surface area contributed by atoms with E-state index >= 15 is 0 Å². The quantitative estimate of drug-likeness (QED) is 0.867. The second-order valence-electron chi connectivity index (χ2n) is 5.61. The topological polar surface area (TPSA) is 44.8 Å². The van der Waals surface area contributed by atoms with Crippen LogP contribution in [0.5, 0.6) is 5.75 Å². The molecule has 24 heavy (non-hydrogen) atoms. The summed E-state index contributed by atoms with van der Waals surface area (Å²) < 4.78 is 6.19. The third kappa shape index (κ3) is 4.00. The smallest absolute Gasteiger partial charge is 0.321 e. The molecular formula is C18H20BrN3O2. The van der Waals surface area contributed by atoms with Gasteiger partial charge in [0.25, 0.3) is 0 Å². The maximum Gasteiger partial charge on any atom is 0.321 e. The van der Waals surface area contributed by atoms with Crippen molar-refractivity contribution in [3.63, 3.8) is 0 Å². The van der Waals surface area contributed by atoms with Crippen LogP contribution < -0.4 is 15.0 Å². The predicted octanol–water partition coefficient (Wildman–Crippen LogP) is 3.81. The highest BCUT2D eigenvalue weighted by Gasteiger charge is 2.21. The minimum Gasteiger partial charge on any atom is -0.497 e. The summed E-state index contributed by atoms with van der Waals surface area (Å²) in [4.78, 5) is 16.5. The van der Waals surface area contributed by atoms with E-state index in [0.717, 1.165) is 29.0 Å². The van der Waals surface area contributed by atoms with Gasteiger partial charge in [0.2, 0.25) is 0 Å². The Morgan fingerprint density at radius 1 is 1.00 bits per heavy atom. The van der Waals surface area contributed by atoms with Crippen molar-refractivity contribution in [1.82, 2.24) is 4.90 Å². The minimum absolute atomic E-state index is 0.0596. The third-order valence-corrected chi connectivity index (χ3v) is 4.63. The number of carbonyl (C=O) groups is 1. The summed E-state index contributed by atoms with van der Waals surface area (Å²) in [5.41, 5.74) is 1.96. The fourth-order valence-corrected chi connectivity index (χ4v) is 2.96. The first-order valence-electron chi connectivity index (χ1n) is 7.86. The number of hydrogen-bond acceptors (Lipinski definition) is 3. The van der Waals surface area contributed by atoms with Crippen molar-refractivity contribution in [3.8, 4) is 5.75 Å². The van der Waals surface area contributed by atoms with Crippen LogP contribution in [-0.2, 0) is 0 Å². The number of urea groups is 1. The Hall–Kier alpha value is -2.21. The molecule has 1 fully saturated rings. The first-order valence-corrected chi connectivity index (χ1v) is 8.65. The molecule has 1 heterocycles. The molecule has 2 aromatic carbocycles. The average molecular weight is 390 g/mol. The van der Waals surface area contributed by atoms with Gasteiger partial charge in [0.05, 0.1) is 7.11 Å². The molecule has 0 saturated carbocycles. The molecule has 126 valence electrons. The largest absolute Gasteiger partial charge is 0.497 e. The summed E-state index contributed by atoms with van der Waals surface area (Å²) in [6, 6.07) is 15.6. The lowest BCUT2D eigenvalue weighted by molar-refractivity contribution is 0.208. The molecule has 0 bridgehead atoms. The number of hydrogen-bond donors (Lipinski definition) is 1. The Labute approximate surface area is 150 Å². The lowest BCUT2D eigenvalue weighted by Crippen LogP contribution is -2.50. The minimum atomic E-state index is -0.0596. The van der Waals surface area contributed by atoms with Gasteiger partial charge in [-0.25, -0.2) is 4.79 Å². The molecule has 1 saturated heterocycles. The fourth-order valence-electron chi connectivity index (χ4n) is 2.70. The molecule has 0 unspecified atom stereocenters. The summed E-state index contributed by atoms with van der Waals surface area (Å²) >= 11 is 3.45. The molecule has 5 nitrogen and oxygen atoms in total. The van der Waals surface area contributed by atoms with Crippen LogP contribution in [0.4, 0.5) is 16.2 Å². The molecule has 0 spiro atoms. The average Bonchev–Trinajstić information content (AvgIpc) is 2.63. The molecule has 6 heteroatoms. The number of benzene rings is 2. The number of piperazine rings is 1. The van der Waals surface area contributed by atoms with Crippen LogP contribution in [0.3, 0.4) is 0 Å². The molecule has 2 aromatic rings. The molecule has 0 aromatic heterocycles. The van der Waals surface area contributed by atoms with E-state index in [1.54, 1.807) is 7.11 Å². The molecule has 2 amide bonds. The number of ether oxygens (including phenoxy) is 1. The number of carbonyl (C=O) groups excluding carboxylic acids is 1. The van der Waals surface area contributed by atoms with Gasteiger partial charge < -0.3 is 19.9 Å². The van der Waals surface area contributed by atoms with E-state index in [-0.39, 0.29) is 6.03 Å². The normalized spacial score (nSPS) is 14.4. The Kier molecular flexibility index (Phi) is 5.25. The Balaban J connectivity index is 1.53. The van der Waals surface area contributed by atoms with Gasteiger partial charge in [-0.1, -0.05) is 15.9 Å². The van der Waals surface area contributed by atoms with Gasteiger partial charge in [-0.3, -0.25) is 0 Å². The number of halogens is 1. The summed E-state index contributed by atoms with van der Waals surface area (Å²) in [6.07, 6.45) is 0. The summed E-state index contributed by atoms with van der Waals surface area (Å²) in [5, 5.41) is 2.93. The van der Waals surface area contributed by atoms with Crippen molar-refractivity contribution < 1.29 is 9.53 Å². The standard InChI is InChI=1S/C18H20BrN3O2/c1-24-17-8-4-15(5-9-17)20-18(23)22-12-10-21(11-13-22)16-6-2-14(19)3-7-16/h2-9H,10-13H2,1H3,(H,20,23). The van der Waals surface area contributed by atoms with Crippen LogP contribution in [0.1, 0.15) is 0 Å². The first kappa shape index (κ1) is 16.6. The van der Waals surface area contributed by atoms with Gasteiger partial charge in [-0.15, -0.1) is 0 Å². The first-order chi connectivity index (χ1) is 11.7. The van der Waals surface area contributed by atoms with E-state index in [4.69, 9.17) is 4.74 Å². The number of nitrogens with one attached hydrogen (secondary N) is 1. The highest BCUT2D eigenvalue weighted by molar-refractivity contribution is 9.10. The highest BCUT2D eigenvalue weighted by atomic mass is 79.9. The van der Waals surface area contributed by atoms with E-state index in [9.17, 15) is 4.79 Å². The zero-order valence-electron chi connectivity index (χ0n) is 13.5. The van der Waals surface area contributed by atoms with Crippen molar-refractivity contribution in [2.45, 2.75) is 0 Å². The van der Waals surface area contributed by atoms with Crippen LogP contribution >= 0.6 is 15.9 Å². The lowest BCUT2D eigenvalue weighted by Gasteiger charge is -2.36. The van der Waals surface area contributed by atoms with Gasteiger partial charge in [0.15, 0.2) is 0 Å². The van der Waals surface area contributed by atoms with Crippen LogP contribution in [0, 0.1) is 0 Å². The molecule has 3 rings (SSSR count). The maximum absolute atomic E-state index is 12.4. The Bertz CT molecular complexity index is 680. The van der Waals surface area contributed by atoms with Crippen LogP contribution in [0.25, 0.3) is 0 Å². The van der Waals surface area contributed by atoms with Gasteiger partial charge in [0, 0.05) is 42.0 Å². The maximum atomic E-state index is 12.4. The van der Waals surface area contributed by atoms with Crippen molar-refractivity contribution in [2.24, 2.45) is 0 Å². The van der Waals surface area contributed by atoms with Gasteiger partial charge in [0.1, 0.15) is 5.75 Å². The lowest BCUT2D eigenvalue weighted by atomic mass is 10.2. The number of nitrogens with zero attached hydrogens (tertiary/aromatic N) is 2. The number of amides is 2. The van der Waals surface area contributed by atoms with Crippen LogP contribution in [0.15, 0.2) is 53.0 Å². The number of rotatable bonds is 3. The van der Waals surface area contributed by atoms with Gasteiger partial charge in [-0.2, -0.15) is 0 Å². The molecule has 0 atom stereocenters. The second-order valence-corrected chi connectivity index (χ2v) is 6.52. The molecule has 0 radical (unpaired) electrons. The Morgan fingerprint density at radius 3 is 2.21 bits per heavy atom. The number of anilines is 2. The van der Waals surface area contributed by atoms with Gasteiger partial charge >= 0.3 is 6.03 Å². The predicted molar refractivity (Wildman–Crippen MR) is 99.9 cm³/mol. The van der Waals surface area contributed by atoms with Crippen LogP contribution in [-0.4, -0.2) is 44.2 Å². The highest BCUT2D eigenvalue weighted by Crippen LogP contribution is 2.20. The molecular weight excluding hydrogens is 370 g/mol. The third-order valence-electron chi connectivity index (χ3n) is 4.10. The summed E-state index contributed by atoms with van der Waals surface area (Å²) in [5.74, 6) is 0.774. The Morgan fingerprint density at radius 2 is 1.62 bits per heavy atom. The van der Waals surface area contributed by atoms with Crippen molar-refractivity contribution in [2.75, 3.05) is 43.5 Å². The molecule has 0 aliphatic carbocycles. The zero-order valence-corrected chi connectivity index (χ0v) is 15.1. The van der Waals surface area contributed by atoms with Crippen LogP contribution in [0.2, 0.25) is 0 Å². The van der Waals surface area contributed by atoms with E-state index < -0.39 is 0 Å².